The minimum absolute atomic E-state index is 0.00378. The third-order valence-electron chi connectivity index (χ3n) is 7.27. The van der Waals surface area contributed by atoms with E-state index < -0.39 is 0 Å². The maximum Gasteiger partial charge on any atom is 0.253 e. The Labute approximate surface area is 197 Å². The molecular formula is C24H30N8O2. The van der Waals surface area contributed by atoms with Crippen LogP contribution in [0.15, 0.2) is 30.6 Å². The van der Waals surface area contributed by atoms with Crippen LogP contribution in [0.4, 0.5) is 17.5 Å². The molecule has 0 radical (unpaired) electrons. The zero-order valence-electron chi connectivity index (χ0n) is 19.1. The van der Waals surface area contributed by atoms with E-state index in [9.17, 15) is 9.90 Å². The number of benzene rings is 1. The number of amides is 1. The smallest absolute Gasteiger partial charge is 0.253 e. The summed E-state index contributed by atoms with van der Waals surface area (Å²) in [7, 11) is 0. The molecule has 34 heavy (non-hydrogen) atoms. The van der Waals surface area contributed by atoms with Crippen molar-refractivity contribution in [2.45, 2.75) is 31.7 Å². The van der Waals surface area contributed by atoms with E-state index in [-0.39, 0.29) is 12.5 Å². The zero-order chi connectivity index (χ0) is 23.1. The highest BCUT2D eigenvalue weighted by molar-refractivity contribution is 5.95. The number of hydrogen-bond donors (Lipinski definition) is 4. The van der Waals surface area contributed by atoms with Gasteiger partial charge in [0.2, 0.25) is 5.95 Å². The van der Waals surface area contributed by atoms with Crippen molar-refractivity contribution in [3.05, 3.63) is 36.2 Å². The van der Waals surface area contributed by atoms with Crippen LogP contribution in [0, 0.1) is 5.41 Å². The number of fused-ring (bicyclic) bond motifs is 1. The summed E-state index contributed by atoms with van der Waals surface area (Å²) in [4.78, 5) is 28.6. The summed E-state index contributed by atoms with van der Waals surface area (Å²) in [6.07, 6.45) is 6.55. The lowest BCUT2D eigenvalue weighted by Gasteiger charge is -2.56. The first kappa shape index (κ1) is 21.3. The first-order chi connectivity index (χ1) is 16.6. The van der Waals surface area contributed by atoms with Crippen LogP contribution in [0.3, 0.4) is 0 Å². The Morgan fingerprint density at radius 1 is 1.15 bits per heavy atom. The van der Waals surface area contributed by atoms with Gasteiger partial charge in [-0.25, -0.2) is 4.98 Å². The number of anilines is 3. The average molecular weight is 463 g/mol. The van der Waals surface area contributed by atoms with Crippen molar-refractivity contribution in [2.24, 2.45) is 5.41 Å². The number of aliphatic hydroxyl groups excluding tert-OH is 1. The number of aromatic nitrogens is 4. The summed E-state index contributed by atoms with van der Waals surface area (Å²) >= 11 is 0. The molecule has 1 saturated carbocycles. The van der Waals surface area contributed by atoms with Crippen molar-refractivity contribution in [2.75, 3.05) is 50.0 Å². The number of carbonyl (C=O) groups is 1. The lowest BCUT2D eigenvalue weighted by atomic mass is 9.74. The molecule has 3 aliphatic rings. The molecule has 3 aromatic rings. The first-order valence-electron chi connectivity index (χ1n) is 12.1. The molecule has 178 valence electrons. The summed E-state index contributed by atoms with van der Waals surface area (Å²) in [5, 5.41) is 19.0. The normalized spacial score (nSPS) is 19.3. The molecule has 4 heterocycles. The number of aliphatic hydroxyl groups is 1. The van der Waals surface area contributed by atoms with E-state index in [4.69, 9.17) is 0 Å². The van der Waals surface area contributed by atoms with Gasteiger partial charge in [0, 0.05) is 55.4 Å². The second kappa shape index (κ2) is 8.52. The summed E-state index contributed by atoms with van der Waals surface area (Å²) in [6.45, 7) is 4.07. The van der Waals surface area contributed by atoms with Crippen LogP contribution in [0.1, 0.15) is 42.1 Å². The number of likely N-dealkylation sites (tertiary alicyclic amines) is 1. The van der Waals surface area contributed by atoms with Crippen LogP contribution in [0.5, 0.6) is 0 Å². The van der Waals surface area contributed by atoms with E-state index in [1.165, 1.54) is 12.8 Å². The third kappa shape index (κ3) is 3.76. The fraction of sp³-hybridized carbons (Fsp3) is 0.500. The number of imidazole rings is 1. The van der Waals surface area contributed by atoms with Crippen molar-refractivity contribution < 1.29 is 9.90 Å². The molecule has 1 amide bonds. The van der Waals surface area contributed by atoms with E-state index in [2.05, 4.69) is 35.5 Å². The lowest BCUT2D eigenvalue weighted by molar-refractivity contribution is -0.0248. The standard InChI is InChI=1S/C24H30N8O2/c33-10-9-26-23-29-20(19-21(30-23)32(15-27-19)18-3-1-2-4-18)28-17-7-5-16(6-8-17)22(34)31-13-24(14-31)11-25-12-24/h5-8,15,18,25,33H,1-4,9-14H2,(H2,26,28,29,30). The van der Waals surface area contributed by atoms with Crippen molar-refractivity contribution in [3.63, 3.8) is 0 Å². The molecule has 4 N–H and O–H groups in total. The van der Waals surface area contributed by atoms with Gasteiger partial charge >= 0.3 is 0 Å². The molecule has 1 aliphatic carbocycles. The molecule has 10 nitrogen and oxygen atoms in total. The van der Waals surface area contributed by atoms with Gasteiger partial charge in [0.05, 0.1) is 12.9 Å². The molecule has 0 unspecified atom stereocenters. The molecule has 2 aliphatic heterocycles. The van der Waals surface area contributed by atoms with Crippen molar-refractivity contribution in [1.82, 2.24) is 29.7 Å². The van der Waals surface area contributed by atoms with Gasteiger partial charge in [0.25, 0.3) is 5.91 Å². The topological polar surface area (TPSA) is 120 Å². The third-order valence-corrected chi connectivity index (χ3v) is 7.27. The molecule has 2 aromatic heterocycles. The number of nitrogens with zero attached hydrogens (tertiary/aromatic N) is 5. The first-order valence-corrected chi connectivity index (χ1v) is 12.1. The minimum Gasteiger partial charge on any atom is -0.395 e. The Hall–Kier alpha value is -3.24. The number of hydrogen-bond acceptors (Lipinski definition) is 8. The molecule has 1 aromatic carbocycles. The molecule has 0 atom stereocenters. The monoisotopic (exact) mass is 462 g/mol. The maximum atomic E-state index is 12.8. The highest BCUT2D eigenvalue weighted by atomic mass is 16.3. The van der Waals surface area contributed by atoms with Gasteiger partial charge in [-0.1, -0.05) is 12.8 Å². The molecular weight excluding hydrogens is 432 g/mol. The van der Waals surface area contributed by atoms with Crippen molar-refractivity contribution >= 4 is 34.5 Å². The van der Waals surface area contributed by atoms with Crippen molar-refractivity contribution in [3.8, 4) is 0 Å². The van der Waals surface area contributed by atoms with Gasteiger partial charge in [-0.3, -0.25) is 4.79 Å². The largest absolute Gasteiger partial charge is 0.395 e. The Morgan fingerprint density at radius 3 is 2.59 bits per heavy atom. The molecule has 3 fully saturated rings. The summed E-state index contributed by atoms with van der Waals surface area (Å²) in [5.41, 5.74) is 3.33. The number of nitrogens with one attached hydrogen (secondary N) is 3. The maximum absolute atomic E-state index is 12.8. The van der Waals surface area contributed by atoms with Crippen LogP contribution in [0.2, 0.25) is 0 Å². The fourth-order valence-corrected chi connectivity index (χ4v) is 5.32. The quantitative estimate of drug-likeness (QED) is 0.422. The van der Waals surface area contributed by atoms with Crippen molar-refractivity contribution in [1.29, 1.82) is 0 Å². The summed E-state index contributed by atoms with van der Waals surface area (Å²) < 4.78 is 2.15. The van der Waals surface area contributed by atoms with Crippen LogP contribution >= 0.6 is 0 Å². The van der Waals surface area contributed by atoms with Crippen LogP contribution in [-0.2, 0) is 0 Å². The molecule has 1 spiro atoms. The molecule has 10 heteroatoms. The second-order valence-electron chi connectivity index (χ2n) is 9.78. The zero-order valence-corrected chi connectivity index (χ0v) is 19.1. The predicted molar refractivity (Wildman–Crippen MR) is 129 cm³/mol. The van der Waals surface area contributed by atoms with Gasteiger partial charge < -0.3 is 30.5 Å². The Kier molecular flexibility index (Phi) is 5.34. The van der Waals surface area contributed by atoms with Gasteiger partial charge in [-0.05, 0) is 37.1 Å². The fourth-order valence-electron chi connectivity index (χ4n) is 5.32. The summed E-state index contributed by atoms with van der Waals surface area (Å²) in [5.74, 6) is 1.13. The number of carbonyl (C=O) groups excluding carboxylic acids is 1. The highest BCUT2D eigenvalue weighted by Crippen LogP contribution is 2.36. The Balaban J connectivity index is 1.23. The van der Waals surface area contributed by atoms with Gasteiger partial charge in [0.1, 0.15) is 0 Å². The predicted octanol–water partition coefficient (Wildman–Crippen LogP) is 2.13. The Morgan fingerprint density at radius 2 is 1.91 bits per heavy atom. The lowest BCUT2D eigenvalue weighted by Crippen LogP contribution is -2.71. The van der Waals surface area contributed by atoms with Gasteiger partial charge in [-0.15, -0.1) is 0 Å². The Bertz CT molecular complexity index is 1190. The highest BCUT2D eigenvalue weighted by Gasteiger charge is 2.49. The SMILES string of the molecule is O=C(c1ccc(Nc2nc(NCCO)nc3c2ncn3C2CCCC2)cc1)N1CC2(CNC2)C1. The molecule has 2 saturated heterocycles. The van der Waals surface area contributed by atoms with Crippen LogP contribution < -0.4 is 16.0 Å². The van der Waals surface area contributed by atoms with E-state index >= 15 is 0 Å². The van der Waals surface area contributed by atoms with E-state index in [1.54, 1.807) is 0 Å². The number of rotatable bonds is 7. The average Bonchev–Trinajstić information content (AvgIpc) is 3.46. The van der Waals surface area contributed by atoms with E-state index in [0.717, 1.165) is 50.4 Å². The van der Waals surface area contributed by atoms with E-state index in [0.29, 0.717) is 40.8 Å². The second-order valence-corrected chi connectivity index (χ2v) is 9.78. The molecule has 0 bridgehead atoms. The minimum atomic E-state index is -0.00378. The van der Waals surface area contributed by atoms with Gasteiger partial charge in [0.15, 0.2) is 17.0 Å². The van der Waals surface area contributed by atoms with Gasteiger partial charge in [-0.2, -0.15) is 9.97 Å². The molecule has 6 rings (SSSR count). The van der Waals surface area contributed by atoms with Crippen LogP contribution in [0.25, 0.3) is 11.2 Å². The summed E-state index contributed by atoms with van der Waals surface area (Å²) in [6, 6.07) is 7.91. The van der Waals surface area contributed by atoms with E-state index in [1.807, 2.05) is 35.5 Å². The van der Waals surface area contributed by atoms with Crippen LogP contribution in [-0.4, -0.2) is 74.8 Å².